The molecule has 1 aliphatic rings. The first-order chi connectivity index (χ1) is 9.91. The minimum Gasteiger partial charge on any atom is -0.371 e. The van der Waals surface area contributed by atoms with E-state index in [9.17, 15) is 17.6 Å². The van der Waals surface area contributed by atoms with E-state index in [1.165, 1.54) is 12.1 Å². The van der Waals surface area contributed by atoms with Gasteiger partial charge in [0.25, 0.3) is 10.0 Å². The smallest absolute Gasteiger partial charge is 0.305 e. The standard InChI is InChI=1S/C12H12FN3O3S2/c1-15-5-6-16(11-8(13)3-2-4-9(11)15)21(18,19)10-7-14-12(17)20-10/h2-4,7H,5-6H2,1H3,(H,14,17). The first kappa shape index (κ1) is 14.1. The van der Waals surface area contributed by atoms with E-state index >= 15 is 0 Å². The van der Waals surface area contributed by atoms with Crippen LogP contribution in [0.1, 0.15) is 0 Å². The van der Waals surface area contributed by atoms with Gasteiger partial charge in [0.2, 0.25) is 0 Å². The number of nitrogens with one attached hydrogen (secondary N) is 1. The summed E-state index contributed by atoms with van der Waals surface area (Å²) in [6.07, 6.45) is 1.14. The van der Waals surface area contributed by atoms with E-state index in [1.807, 2.05) is 0 Å². The molecule has 2 aromatic rings. The number of nitrogens with zero attached hydrogens (tertiary/aromatic N) is 2. The summed E-state index contributed by atoms with van der Waals surface area (Å²) < 4.78 is 40.3. The van der Waals surface area contributed by atoms with Crippen LogP contribution in [0, 0.1) is 5.82 Å². The SMILES string of the molecule is CN1CCN(S(=O)(=O)c2c[nH]c(=O)s2)c2c(F)cccc21. The number of aromatic nitrogens is 1. The molecule has 0 saturated heterocycles. The van der Waals surface area contributed by atoms with Crippen LogP contribution in [0.25, 0.3) is 0 Å². The van der Waals surface area contributed by atoms with Gasteiger partial charge in [0.05, 0.1) is 12.2 Å². The summed E-state index contributed by atoms with van der Waals surface area (Å²) in [5, 5.41) is 0. The quantitative estimate of drug-likeness (QED) is 0.899. The Kier molecular flexibility index (Phi) is 3.25. The second kappa shape index (κ2) is 4.85. The zero-order valence-corrected chi connectivity index (χ0v) is 12.7. The zero-order valence-electron chi connectivity index (χ0n) is 11.0. The summed E-state index contributed by atoms with van der Waals surface area (Å²) >= 11 is 0.593. The normalized spacial score (nSPS) is 15.1. The third kappa shape index (κ3) is 2.22. The number of fused-ring (bicyclic) bond motifs is 1. The Morgan fingerprint density at radius 3 is 2.76 bits per heavy atom. The molecule has 21 heavy (non-hydrogen) atoms. The van der Waals surface area contributed by atoms with Gasteiger partial charge in [-0.2, -0.15) is 0 Å². The molecule has 6 nitrogen and oxygen atoms in total. The van der Waals surface area contributed by atoms with Crippen LogP contribution in [0.2, 0.25) is 0 Å². The molecule has 0 bridgehead atoms. The highest BCUT2D eigenvalue weighted by atomic mass is 32.2. The van der Waals surface area contributed by atoms with Crippen LogP contribution in [-0.2, 0) is 10.0 Å². The Hall–Kier alpha value is -1.87. The van der Waals surface area contributed by atoms with E-state index in [2.05, 4.69) is 4.98 Å². The number of likely N-dealkylation sites (N-methyl/N-ethyl adjacent to an activating group) is 1. The van der Waals surface area contributed by atoms with Crippen molar-refractivity contribution in [3.8, 4) is 0 Å². The molecule has 3 rings (SSSR count). The van der Waals surface area contributed by atoms with Crippen LogP contribution in [0.5, 0.6) is 0 Å². The highest BCUT2D eigenvalue weighted by Crippen LogP contribution is 2.37. The number of aromatic amines is 1. The lowest BCUT2D eigenvalue weighted by Crippen LogP contribution is -2.43. The number of anilines is 2. The van der Waals surface area contributed by atoms with Crippen molar-refractivity contribution < 1.29 is 12.8 Å². The maximum Gasteiger partial charge on any atom is 0.305 e. The second-order valence-electron chi connectivity index (χ2n) is 4.60. The highest BCUT2D eigenvalue weighted by Gasteiger charge is 2.34. The molecule has 0 unspecified atom stereocenters. The number of rotatable bonds is 2. The van der Waals surface area contributed by atoms with Gasteiger partial charge in [0, 0.05) is 19.8 Å². The largest absolute Gasteiger partial charge is 0.371 e. The first-order valence-corrected chi connectivity index (χ1v) is 8.38. The molecule has 1 aliphatic heterocycles. The van der Waals surface area contributed by atoms with Crippen LogP contribution < -0.4 is 14.1 Å². The third-order valence-electron chi connectivity index (χ3n) is 3.31. The highest BCUT2D eigenvalue weighted by molar-refractivity contribution is 7.94. The van der Waals surface area contributed by atoms with Crippen molar-refractivity contribution in [3.63, 3.8) is 0 Å². The van der Waals surface area contributed by atoms with Crippen molar-refractivity contribution in [1.29, 1.82) is 0 Å². The van der Waals surface area contributed by atoms with Gasteiger partial charge in [0.1, 0.15) is 11.5 Å². The van der Waals surface area contributed by atoms with Crippen molar-refractivity contribution in [2.24, 2.45) is 0 Å². The number of halogens is 1. The Labute approximate surface area is 124 Å². The molecule has 9 heteroatoms. The summed E-state index contributed by atoms with van der Waals surface area (Å²) in [7, 11) is -2.17. The van der Waals surface area contributed by atoms with E-state index in [4.69, 9.17) is 0 Å². The predicted octanol–water partition coefficient (Wildman–Crippen LogP) is 1.22. The van der Waals surface area contributed by atoms with Crippen molar-refractivity contribution in [1.82, 2.24) is 4.98 Å². The fourth-order valence-electron chi connectivity index (χ4n) is 2.28. The topological polar surface area (TPSA) is 73.5 Å². The summed E-state index contributed by atoms with van der Waals surface area (Å²) in [5.74, 6) is -0.606. The summed E-state index contributed by atoms with van der Waals surface area (Å²) in [6, 6.07) is 4.43. The summed E-state index contributed by atoms with van der Waals surface area (Å²) in [4.78, 5) is 14.8. The van der Waals surface area contributed by atoms with Crippen molar-refractivity contribution >= 4 is 32.7 Å². The average molecular weight is 329 g/mol. The number of hydrogen-bond donors (Lipinski definition) is 1. The Bertz CT molecular complexity index is 843. The van der Waals surface area contributed by atoms with E-state index in [0.717, 1.165) is 10.5 Å². The zero-order chi connectivity index (χ0) is 15.2. The fourth-order valence-corrected chi connectivity index (χ4v) is 4.78. The van der Waals surface area contributed by atoms with Gasteiger partial charge < -0.3 is 9.88 Å². The number of H-pyrrole nitrogens is 1. The number of benzene rings is 1. The molecule has 1 N–H and O–H groups in total. The van der Waals surface area contributed by atoms with Gasteiger partial charge in [-0.15, -0.1) is 0 Å². The molecule has 1 aromatic heterocycles. The lowest BCUT2D eigenvalue weighted by Gasteiger charge is -2.35. The molecule has 0 fully saturated rings. The Morgan fingerprint density at radius 1 is 1.33 bits per heavy atom. The fraction of sp³-hybridized carbons (Fsp3) is 0.250. The molecule has 0 saturated carbocycles. The van der Waals surface area contributed by atoms with E-state index in [-0.39, 0.29) is 16.4 Å². The number of hydrogen-bond acceptors (Lipinski definition) is 5. The molecule has 0 aliphatic carbocycles. The molecule has 0 spiro atoms. The average Bonchev–Trinajstić information content (AvgIpc) is 2.87. The second-order valence-corrected chi connectivity index (χ2v) is 7.71. The molecule has 2 heterocycles. The number of para-hydroxylation sites is 1. The van der Waals surface area contributed by atoms with E-state index in [1.54, 1.807) is 18.0 Å². The Balaban J connectivity index is 2.17. The summed E-state index contributed by atoms with van der Waals surface area (Å²) in [6.45, 7) is 0.563. The van der Waals surface area contributed by atoms with Crippen LogP contribution in [0.3, 0.4) is 0 Å². The van der Waals surface area contributed by atoms with Gasteiger partial charge in [0.15, 0.2) is 4.21 Å². The van der Waals surface area contributed by atoms with Crippen molar-refractivity contribution in [2.75, 3.05) is 29.3 Å². The predicted molar refractivity (Wildman–Crippen MR) is 79.1 cm³/mol. The molecule has 0 atom stereocenters. The van der Waals surface area contributed by atoms with Crippen LogP contribution in [0.4, 0.5) is 15.8 Å². The lowest BCUT2D eigenvalue weighted by molar-refractivity contribution is 0.583. The Morgan fingerprint density at radius 2 is 2.10 bits per heavy atom. The molecule has 112 valence electrons. The lowest BCUT2D eigenvalue weighted by atomic mass is 10.2. The molecular weight excluding hydrogens is 317 g/mol. The van der Waals surface area contributed by atoms with Gasteiger partial charge in [-0.05, 0) is 12.1 Å². The minimum absolute atomic E-state index is 0.0205. The maximum atomic E-state index is 14.1. The van der Waals surface area contributed by atoms with Gasteiger partial charge in [-0.3, -0.25) is 9.10 Å². The van der Waals surface area contributed by atoms with Gasteiger partial charge in [-0.1, -0.05) is 17.4 Å². The van der Waals surface area contributed by atoms with E-state index < -0.39 is 20.7 Å². The van der Waals surface area contributed by atoms with Crippen molar-refractivity contribution in [3.05, 3.63) is 39.9 Å². The molecular formula is C12H12FN3O3S2. The van der Waals surface area contributed by atoms with Crippen LogP contribution in [-0.4, -0.2) is 33.5 Å². The third-order valence-corrected chi connectivity index (χ3v) is 6.39. The van der Waals surface area contributed by atoms with Gasteiger partial charge in [-0.25, -0.2) is 12.8 Å². The monoisotopic (exact) mass is 329 g/mol. The molecule has 0 radical (unpaired) electrons. The molecule has 0 amide bonds. The van der Waals surface area contributed by atoms with Crippen LogP contribution in [0.15, 0.2) is 33.4 Å². The number of thiazole rings is 1. The van der Waals surface area contributed by atoms with E-state index in [0.29, 0.717) is 23.6 Å². The first-order valence-electron chi connectivity index (χ1n) is 6.12. The maximum absolute atomic E-state index is 14.1. The number of sulfonamides is 1. The minimum atomic E-state index is -3.95. The van der Waals surface area contributed by atoms with Gasteiger partial charge >= 0.3 is 4.87 Å². The molecule has 1 aromatic carbocycles. The van der Waals surface area contributed by atoms with Crippen molar-refractivity contribution in [2.45, 2.75) is 4.21 Å². The van der Waals surface area contributed by atoms with Crippen LogP contribution >= 0.6 is 11.3 Å². The summed E-state index contributed by atoms with van der Waals surface area (Å²) in [5.41, 5.74) is 0.528.